The van der Waals surface area contributed by atoms with Gasteiger partial charge in [0.2, 0.25) is 0 Å². The normalized spacial score (nSPS) is 19.6. The van der Waals surface area contributed by atoms with Crippen molar-refractivity contribution in [2.75, 3.05) is 6.54 Å². The van der Waals surface area contributed by atoms with Crippen LogP contribution in [0.3, 0.4) is 0 Å². The number of rotatable bonds is 4. The third kappa shape index (κ3) is 2.86. The van der Waals surface area contributed by atoms with Crippen LogP contribution in [0, 0.1) is 5.82 Å². The second-order valence-electron chi connectivity index (χ2n) is 6.19. The van der Waals surface area contributed by atoms with Gasteiger partial charge in [0.15, 0.2) is 5.11 Å². The highest BCUT2D eigenvalue weighted by Gasteiger charge is 2.40. The Balaban J connectivity index is 1.80. The molecule has 0 amide bonds. The van der Waals surface area contributed by atoms with Crippen molar-refractivity contribution < 1.29 is 4.39 Å². The molecule has 3 aromatic rings. The first kappa shape index (κ1) is 16.7. The second kappa shape index (κ2) is 6.88. The summed E-state index contributed by atoms with van der Waals surface area (Å²) in [6, 6.07) is 16.5. The van der Waals surface area contributed by atoms with Crippen LogP contribution in [0.25, 0.3) is 5.69 Å². The minimum absolute atomic E-state index is 0.00227. The quantitative estimate of drug-likeness (QED) is 0.708. The Hall–Kier alpha value is -2.73. The van der Waals surface area contributed by atoms with Crippen LogP contribution in [0.2, 0.25) is 0 Å². The second-order valence-corrected chi connectivity index (χ2v) is 6.58. The lowest BCUT2D eigenvalue weighted by molar-refractivity contribution is 0.321. The minimum atomic E-state index is -0.243. The summed E-state index contributed by atoms with van der Waals surface area (Å²) >= 11 is 5.57. The first-order valence-corrected chi connectivity index (χ1v) is 9.01. The maximum atomic E-state index is 13.3. The van der Waals surface area contributed by atoms with Crippen LogP contribution in [-0.2, 0) is 0 Å². The summed E-state index contributed by atoms with van der Waals surface area (Å²) in [7, 11) is 0. The Morgan fingerprint density at radius 2 is 1.92 bits per heavy atom. The molecule has 0 bridgehead atoms. The van der Waals surface area contributed by atoms with E-state index in [2.05, 4.69) is 32.8 Å². The van der Waals surface area contributed by atoms with Gasteiger partial charge in [-0.2, -0.15) is 0 Å². The summed E-state index contributed by atoms with van der Waals surface area (Å²) < 4.78 is 15.4. The molecule has 1 aliphatic rings. The summed E-state index contributed by atoms with van der Waals surface area (Å²) in [4.78, 5) is 6.70. The third-order valence-corrected chi connectivity index (χ3v) is 5.08. The number of hydrogen-bond acceptors (Lipinski definition) is 2. The molecule has 4 rings (SSSR count). The summed E-state index contributed by atoms with van der Waals surface area (Å²) in [5.41, 5.74) is 2.95. The largest absolute Gasteiger partial charge is 0.352 e. The van der Waals surface area contributed by atoms with Gasteiger partial charge in [0.1, 0.15) is 5.82 Å². The van der Waals surface area contributed by atoms with Crippen molar-refractivity contribution in [1.29, 1.82) is 0 Å². The first-order valence-electron chi connectivity index (χ1n) is 8.60. The third-order valence-electron chi connectivity index (χ3n) is 4.73. The Morgan fingerprint density at radius 3 is 2.62 bits per heavy atom. The zero-order valence-electron chi connectivity index (χ0n) is 14.3. The van der Waals surface area contributed by atoms with Gasteiger partial charge < -0.3 is 14.8 Å². The van der Waals surface area contributed by atoms with E-state index >= 15 is 0 Å². The predicted molar refractivity (Wildman–Crippen MR) is 104 cm³/mol. The molecule has 0 unspecified atom stereocenters. The van der Waals surface area contributed by atoms with Gasteiger partial charge in [-0.15, -0.1) is 0 Å². The summed E-state index contributed by atoms with van der Waals surface area (Å²) in [5, 5.41) is 4.14. The lowest BCUT2D eigenvalue weighted by Crippen LogP contribution is -2.30. The highest BCUT2D eigenvalue weighted by Crippen LogP contribution is 2.39. The lowest BCUT2D eigenvalue weighted by Gasteiger charge is -2.27. The molecule has 4 nitrogen and oxygen atoms in total. The van der Waals surface area contributed by atoms with Crippen molar-refractivity contribution in [2.24, 2.45) is 0 Å². The van der Waals surface area contributed by atoms with E-state index in [1.165, 1.54) is 12.1 Å². The highest BCUT2D eigenvalue weighted by atomic mass is 32.1. The Morgan fingerprint density at radius 1 is 1.12 bits per heavy atom. The van der Waals surface area contributed by atoms with Crippen LogP contribution < -0.4 is 5.32 Å². The van der Waals surface area contributed by atoms with Crippen molar-refractivity contribution in [3.63, 3.8) is 0 Å². The number of benzene rings is 1. The zero-order valence-corrected chi connectivity index (χ0v) is 15.2. The van der Waals surface area contributed by atoms with E-state index in [0.29, 0.717) is 0 Å². The molecule has 0 aliphatic carbocycles. The van der Waals surface area contributed by atoms with Crippen LogP contribution in [0.5, 0.6) is 0 Å². The number of thiocarbonyl (C=S) groups is 1. The molecular formula is C20H19FN4S. The standard InChI is InChI=1S/C20H19FN4S/c1-2-24-19(18(23-20(24)26)16-6-3-4-12-22-16)17-7-5-13-25(17)15-10-8-14(21)9-11-15/h3-13,18-19H,2H2,1H3,(H,23,26)/t18-,19-/m1/s1. The van der Waals surface area contributed by atoms with E-state index in [0.717, 1.165) is 28.7 Å². The Kier molecular flexibility index (Phi) is 4.42. The lowest BCUT2D eigenvalue weighted by atomic mass is 10.0. The SMILES string of the molecule is CCN1C(=S)N[C@H](c2ccccn2)[C@H]1c1cccn1-c1ccc(F)cc1. The summed E-state index contributed by atoms with van der Waals surface area (Å²) in [6.45, 7) is 2.88. The molecule has 0 spiro atoms. The van der Waals surface area contributed by atoms with Gasteiger partial charge in [-0.1, -0.05) is 6.07 Å². The number of likely N-dealkylation sites (N-methyl/N-ethyl adjacent to an activating group) is 1. The van der Waals surface area contributed by atoms with Crippen LogP contribution in [0.15, 0.2) is 67.0 Å². The van der Waals surface area contributed by atoms with Crippen molar-refractivity contribution in [1.82, 2.24) is 19.8 Å². The number of nitrogens with one attached hydrogen (secondary N) is 1. The number of hydrogen-bond donors (Lipinski definition) is 1. The van der Waals surface area contributed by atoms with Crippen LogP contribution >= 0.6 is 12.2 Å². The van der Waals surface area contributed by atoms with E-state index in [-0.39, 0.29) is 17.9 Å². The molecule has 2 aromatic heterocycles. The zero-order chi connectivity index (χ0) is 18.1. The van der Waals surface area contributed by atoms with Crippen LogP contribution in [0.4, 0.5) is 4.39 Å². The summed E-state index contributed by atoms with van der Waals surface area (Å²) in [5.74, 6) is -0.243. The number of nitrogens with zero attached hydrogens (tertiary/aromatic N) is 3. The van der Waals surface area contributed by atoms with Crippen molar-refractivity contribution in [3.05, 3.63) is 84.2 Å². The molecule has 0 radical (unpaired) electrons. The van der Waals surface area contributed by atoms with Gasteiger partial charge in [-0.25, -0.2) is 4.39 Å². The molecule has 26 heavy (non-hydrogen) atoms. The van der Waals surface area contributed by atoms with Gasteiger partial charge >= 0.3 is 0 Å². The fourth-order valence-corrected chi connectivity index (χ4v) is 3.91. The van der Waals surface area contributed by atoms with Gasteiger partial charge in [-0.05, 0) is 67.7 Å². The predicted octanol–water partition coefficient (Wildman–Crippen LogP) is 4.00. The highest BCUT2D eigenvalue weighted by molar-refractivity contribution is 7.80. The van der Waals surface area contributed by atoms with Crippen LogP contribution in [-0.4, -0.2) is 26.1 Å². The maximum Gasteiger partial charge on any atom is 0.170 e. The Bertz CT molecular complexity index is 907. The Labute approximate surface area is 157 Å². The number of pyridine rings is 1. The van der Waals surface area contributed by atoms with E-state index < -0.39 is 0 Å². The van der Waals surface area contributed by atoms with Crippen LogP contribution in [0.1, 0.15) is 30.4 Å². The minimum Gasteiger partial charge on any atom is -0.352 e. The van der Waals surface area contributed by atoms with Gasteiger partial charge in [0.05, 0.1) is 17.8 Å². The molecule has 1 fully saturated rings. The molecule has 1 aromatic carbocycles. The fraction of sp³-hybridized carbons (Fsp3) is 0.200. The average Bonchev–Trinajstić information content (AvgIpc) is 3.27. The molecule has 1 saturated heterocycles. The average molecular weight is 366 g/mol. The van der Waals surface area contributed by atoms with Crippen molar-refractivity contribution in [2.45, 2.75) is 19.0 Å². The maximum absolute atomic E-state index is 13.3. The fourth-order valence-electron chi connectivity index (χ4n) is 3.54. The van der Waals surface area contributed by atoms with E-state index in [9.17, 15) is 4.39 Å². The smallest absolute Gasteiger partial charge is 0.170 e. The van der Waals surface area contributed by atoms with E-state index in [1.807, 2.05) is 30.5 Å². The van der Waals surface area contributed by atoms with Gasteiger partial charge in [0, 0.05) is 30.3 Å². The number of halogens is 1. The molecule has 132 valence electrons. The van der Waals surface area contributed by atoms with Gasteiger partial charge in [0.25, 0.3) is 0 Å². The molecule has 3 heterocycles. The molecular weight excluding hydrogens is 347 g/mol. The monoisotopic (exact) mass is 366 g/mol. The molecule has 1 N–H and O–H groups in total. The molecule has 1 aliphatic heterocycles. The van der Waals surface area contributed by atoms with E-state index in [4.69, 9.17) is 12.2 Å². The molecule has 6 heteroatoms. The van der Waals surface area contributed by atoms with E-state index in [1.54, 1.807) is 18.3 Å². The molecule has 0 saturated carbocycles. The first-order chi connectivity index (χ1) is 12.7. The topological polar surface area (TPSA) is 33.1 Å². The molecule has 2 atom stereocenters. The number of aromatic nitrogens is 2. The summed E-state index contributed by atoms with van der Waals surface area (Å²) in [6.07, 6.45) is 3.79. The van der Waals surface area contributed by atoms with Crippen molar-refractivity contribution in [3.8, 4) is 5.69 Å². The van der Waals surface area contributed by atoms with Gasteiger partial charge in [-0.3, -0.25) is 4.98 Å². The van der Waals surface area contributed by atoms with Crippen molar-refractivity contribution >= 4 is 17.3 Å².